The van der Waals surface area contributed by atoms with Crippen molar-refractivity contribution >= 4 is 28.1 Å². The quantitative estimate of drug-likeness (QED) is 0.592. The molecule has 0 amide bonds. The molecule has 3 aromatic rings. The van der Waals surface area contributed by atoms with Gasteiger partial charge in [-0.2, -0.15) is 10.4 Å². The second-order valence-electron chi connectivity index (χ2n) is 8.29. The summed E-state index contributed by atoms with van der Waals surface area (Å²) in [6.45, 7) is 5.89. The molecule has 32 heavy (non-hydrogen) atoms. The zero-order chi connectivity index (χ0) is 22.8. The normalized spacial score (nSPS) is 16.8. The number of fused-ring (bicyclic) bond motifs is 1. The Bertz CT molecular complexity index is 1280. The number of benzene rings is 1. The zero-order valence-electron chi connectivity index (χ0n) is 18.4. The molecule has 4 rings (SSSR count). The Hall–Kier alpha value is -3.79. The average molecular weight is 428 g/mol. The molecule has 0 saturated heterocycles. The minimum Gasteiger partial charge on any atom is -0.481 e. The molecule has 162 valence electrons. The first kappa shape index (κ1) is 21.4. The number of pyridine rings is 1. The topological polar surface area (TPSA) is 112 Å². The number of aryl methyl sites for hydroxylation is 1. The Labute approximate surface area is 186 Å². The van der Waals surface area contributed by atoms with E-state index in [9.17, 15) is 15.2 Å². The van der Waals surface area contributed by atoms with E-state index in [-0.39, 0.29) is 12.0 Å². The fraction of sp³-hybridized carbons (Fsp3) is 0.320. The number of rotatable bonds is 5. The second kappa shape index (κ2) is 8.75. The van der Waals surface area contributed by atoms with Crippen molar-refractivity contribution in [3.05, 3.63) is 64.6 Å². The molecule has 2 aromatic heterocycles. The lowest BCUT2D eigenvalue weighted by atomic mass is 9.88. The van der Waals surface area contributed by atoms with Crippen molar-refractivity contribution in [2.45, 2.75) is 46.1 Å². The van der Waals surface area contributed by atoms with E-state index in [0.29, 0.717) is 30.6 Å². The number of allylic oxidation sites excluding steroid dienone is 2. The summed E-state index contributed by atoms with van der Waals surface area (Å²) in [6, 6.07) is 9.89. The maximum atomic E-state index is 11.3. The molecule has 0 saturated carbocycles. The van der Waals surface area contributed by atoms with Gasteiger partial charge in [-0.15, -0.1) is 5.10 Å². The number of nitrogens with zero attached hydrogens (tertiary/aromatic N) is 4. The van der Waals surface area contributed by atoms with Gasteiger partial charge in [-0.25, -0.2) is 0 Å². The standard InChI is InChI=1S/C25H25N5O2/c1-14-19(12-26)5-4-6-20(14)15(2)28-24-21-11-23(27-13-22(21)16(3)29-30-24)17-7-9-18(10-8-17)25(31)32/h4-7,11,13,15,18H,8-10H2,1-3H3,(H,28,30)(H,31,32)/t15-,18?/m1/s1. The first-order chi connectivity index (χ1) is 15.4. The Morgan fingerprint density at radius 1 is 1.28 bits per heavy atom. The lowest BCUT2D eigenvalue weighted by Crippen LogP contribution is -2.16. The van der Waals surface area contributed by atoms with Gasteiger partial charge in [0.2, 0.25) is 0 Å². The summed E-state index contributed by atoms with van der Waals surface area (Å²) >= 11 is 0. The van der Waals surface area contributed by atoms with Crippen LogP contribution in [0.5, 0.6) is 0 Å². The molecule has 7 heteroatoms. The highest BCUT2D eigenvalue weighted by Gasteiger charge is 2.22. The summed E-state index contributed by atoms with van der Waals surface area (Å²) in [5, 5.41) is 32.6. The van der Waals surface area contributed by atoms with Gasteiger partial charge in [-0.1, -0.05) is 18.2 Å². The Morgan fingerprint density at radius 2 is 2.09 bits per heavy atom. The maximum absolute atomic E-state index is 11.3. The van der Waals surface area contributed by atoms with Crippen LogP contribution in [0, 0.1) is 31.1 Å². The molecule has 1 aromatic carbocycles. The number of aliphatic carboxylic acids is 1. The number of nitriles is 1. The summed E-state index contributed by atoms with van der Waals surface area (Å²) in [7, 11) is 0. The van der Waals surface area contributed by atoms with E-state index in [0.717, 1.165) is 38.9 Å². The SMILES string of the molecule is Cc1c(C#N)cccc1[C@@H](C)Nc1nnc(C)c2cnc(C3=CCC(C(=O)O)CC3)cc12. The third-order valence-corrected chi connectivity index (χ3v) is 6.25. The van der Waals surface area contributed by atoms with E-state index >= 15 is 0 Å². The molecule has 0 fully saturated rings. The Kier molecular flexibility index (Phi) is 5.87. The fourth-order valence-electron chi connectivity index (χ4n) is 4.27. The number of carboxylic acid groups (broad SMARTS) is 1. The van der Waals surface area contributed by atoms with E-state index in [4.69, 9.17) is 0 Å². The van der Waals surface area contributed by atoms with Gasteiger partial charge in [0.25, 0.3) is 0 Å². The van der Waals surface area contributed by atoms with Gasteiger partial charge < -0.3 is 10.4 Å². The molecular weight excluding hydrogens is 402 g/mol. The van der Waals surface area contributed by atoms with Gasteiger partial charge in [-0.3, -0.25) is 9.78 Å². The lowest BCUT2D eigenvalue weighted by Gasteiger charge is -2.20. The van der Waals surface area contributed by atoms with Crippen molar-refractivity contribution in [1.29, 1.82) is 5.26 Å². The third-order valence-electron chi connectivity index (χ3n) is 6.25. The number of carboxylic acids is 1. The van der Waals surface area contributed by atoms with E-state index in [1.54, 1.807) is 0 Å². The average Bonchev–Trinajstić information content (AvgIpc) is 2.81. The second-order valence-corrected chi connectivity index (χ2v) is 8.29. The van der Waals surface area contributed by atoms with Crippen LogP contribution in [0.3, 0.4) is 0 Å². The molecule has 1 aliphatic rings. The fourth-order valence-corrected chi connectivity index (χ4v) is 4.27. The van der Waals surface area contributed by atoms with Crippen LogP contribution in [0.25, 0.3) is 16.3 Å². The summed E-state index contributed by atoms with van der Waals surface area (Å²) in [5.74, 6) is -0.407. The number of hydrogen-bond acceptors (Lipinski definition) is 6. The maximum Gasteiger partial charge on any atom is 0.306 e. The predicted octanol–water partition coefficient (Wildman–Crippen LogP) is 4.95. The largest absolute Gasteiger partial charge is 0.481 e. The van der Waals surface area contributed by atoms with Gasteiger partial charge in [0.05, 0.1) is 35.0 Å². The monoisotopic (exact) mass is 427 g/mol. The molecule has 1 unspecified atom stereocenters. The van der Waals surface area contributed by atoms with E-state index in [1.807, 2.05) is 57.3 Å². The molecule has 2 atom stereocenters. The number of aromatic nitrogens is 3. The molecule has 2 heterocycles. The molecule has 0 bridgehead atoms. The summed E-state index contributed by atoms with van der Waals surface area (Å²) < 4.78 is 0. The third kappa shape index (κ3) is 4.04. The highest BCUT2D eigenvalue weighted by molar-refractivity contribution is 5.94. The zero-order valence-corrected chi connectivity index (χ0v) is 18.4. The summed E-state index contributed by atoms with van der Waals surface area (Å²) in [4.78, 5) is 15.9. The van der Waals surface area contributed by atoms with Crippen LogP contribution in [0.2, 0.25) is 0 Å². The molecule has 0 aliphatic heterocycles. The van der Waals surface area contributed by atoms with Crippen LogP contribution in [0.1, 0.15) is 60.3 Å². The first-order valence-corrected chi connectivity index (χ1v) is 10.7. The minimum atomic E-state index is -0.742. The highest BCUT2D eigenvalue weighted by Crippen LogP contribution is 2.33. The van der Waals surface area contributed by atoms with E-state index < -0.39 is 5.97 Å². The summed E-state index contributed by atoms with van der Waals surface area (Å²) in [5.41, 5.74) is 5.34. The van der Waals surface area contributed by atoms with Gasteiger partial charge >= 0.3 is 5.97 Å². The Balaban J connectivity index is 1.70. The van der Waals surface area contributed by atoms with E-state index in [2.05, 4.69) is 26.6 Å². The molecule has 7 nitrogen and oxygen atoms in total. The smallest absolute Gasteiger partial charge is 0.306 e. The van der Waals surface area contributed by atoms with Crippen molar-refractivity contribution in [3.8, 4) is 6.07 Å². The van der Waals surface area contributed by atoms with Crippen LogP contribution in [-0.2, 0) is 4.79 Å². The van der Waals surface area contributed by atoms with Crippen LogP contribution >= 0.6 is 0 Å². The number of anilines is 1. The molecule has 1 aliphatic carbocycles. The number of nitrogens with one attached hydrogen (secondary N) is 1. The Morgan fingerprint density at radius 3 is 2.78 bits per heavy atom. The first-order valence-electron chi connectivity index (χ1n) is 10.7. The van der Waals surface area contributed by atoms with Crippen molar-refractivity contribution in [2.75, 3.05) is 5.32 Å². The van der Waals surface area contributed by atoms with Gasteiger partial charge in [0.15, 0.2) is 5.82 Å². The van der Waals surface area contributed by atoms with Crippen molar-refractivity contribution in [1.82, 2.24) is 15.2 Å². The minimum absolute atomic E-state index is 0.0784. The summed E-state index contributed by atoms with van der Waals surface area (Å²) in [6.07, 6.45) is 5.63. The van der Waals surface area contributed by atoms with Crippen LogP contribution in [0.15, 0.2) is 36.5 Å². The molecular formula is C25H25N5O2. The number of carbonyl (C=O) groups is 1. The molecule has 2 N–H and O–H groups in total. The van der Waals surface area contributed by atoms with Crippen molar-refractivity contribution in [3.63, 3.8) is 0 Å². The van der Waals surface area contributed by atoms with Crippen molar-refractivity contribution < 1.29 is 9.90 Å². The van der Waals surface area contributed by atoms with Crippen LogP contribution in [-0.4, -0.2) is 26.3 Å². The van der Waals surface area contributed by atoms with Crippen LogP contribution in [0.4, 0.5) is 5.82 Å². The van der Waals surface area contributed by atoms with E-state index in [1.165, 1.54) is 0 Å². The van der Waals surface area contributed by atoms with Gasteiger partial charge in [-0.05, 0) is 68.9 Å². The molecule has 0 spiro atoms. The van der Waals surface area contributed by atoms with Crippen molar-refractivity contribution in [2.24, 2.45) is 5.92 Å². The predicted molar refractivity (Wildman–Crippen MR) is 123 cm³/mol. The highest BCUT2D eigenvalue weighted by atomic mass is 16.4. The lowest BCUT2D eigenvalue weighted by molar-refractivity contribution is -0.141. The van der Waals surface area contributed by atoms with Crippen LogP contribution < -0.4 is 5.32 Å². The number of hydrogen-bond donors (Lipinski definition) is 2. The van der Waals surface area contributed by atoms with Gasteiger partial charge in [0, 0.05) is 17.0 Å². The molecule has 0 radical (unpaired) electrons. The van der Waals surface area contributed by atoms with Gasteiger partial charge in [0.1, 0.15) is 0 Å².